The minimum Gasteiger partial charge on any atom is -0.493 e. The number of rotatable bonds is 4. The molecule has 1 unspecified atom stereocenters. The summed E-state index contributed by atoms with van der Waals surface area (Å²) < 4.78 is 7.64. The lowest BCUT2D eigenvalue weighted by atomic mass is 10.00. The molecule has 0 saturated heterocycles. The fraction of sp³-hybridized carbons (Fsp3) is 0.200. The van der Waals surface area contributed by atoms with Crippen molar-refractivity contribution in [3.63, 3.8) is 0 Å². The van der Waals surface area contributed by atoms with Crippen LogP contribution in [-0.4, -0.2) is 22.1 Å². The molecule has 3 aromatic rings. The summed E-state index contributed by atoms with van der Waals surface area (Å²) >= 11 is 0. The van der Waals surface area contributed by atoms with Gasteiger partial charge in [0.25, 0.3) is 5.91 Å². The monoisotopic (exact) mass is 333 g/mol. The molecule has 0 spiro atoms. The van der Waals surface area contributed by atoms with Crippen molar-refractivity contribution in [3.8, 4) is 5.75 Å². The Morgan fingerprint density at radius 2 is 2.04 bits per heavy atom. The first kappa shape index (κ1) is 15.4. The second-order valence-electron chi connectivity index (χ2n) is 6.13. The normalized spacial score (nSPS) is 15.9. The zero-order valence-electron chi connectivity index (χ0n) is 13.8. The Bertz CT molecular complexity index is 857. The summed E-state index contributed by atoms with van der Waals surface area (Å²) in [6, 6.07) is 15.5. The molecule has 126 valence electrons. The van der Waals surface area contributed by atoms with Gasteiger partial charge in [0.1, 0.15) is 5.75 Å². The van der Waals surface area contributed by atoms with E-state index in [4.69, 9.17) is 4.74 Å². The number of fused-ring (bicyclic) bond motifs is 1. The zero-order valence-corrected chi connectivity index (χ0v) is 13.8. The average Bonchev–Trinajstić information content (AvgIpc) is 3.16. The summed E-state index contributed by atoms with van der Waals surface area (Å²) in [6.07, 6.45) is 6.24. The highest BCUT2D eigenvalue weighted by molar-refractivity contribution is 5.94. The number of amides is 1. The molecule has 0 saturated carbocycles. The quantitative estimate of drug-likeness (QED) is 0.798. The first-order chi connectivity index (χ1) is 12.3. The maximum absolute atomic E-state index is 12.6. The van der Waals surface area contributed by atoms with Crippen molar-refractivity contribution in [2.75, 3.05) is 6.61 Å². The second kappa shape index (κ2) is 6.81. The smallest absolute Gasteiger partial charge is 0.251 e. The van der Waals surface area contributed by atoms with E-state index >= 15 is 0 Å². The minimum atomic E-state index is -0.0594. The van der Waals surface area contributed by atoms with E-state index in [9.17, 15) is 4.79 Å². The van der Waals surface area contributed by atoms with Crippen molar-refractivity contribution in [2.24, 2.45) is 0 Å². The van der Waals surface area contributed by atoms with E-state index in [-0.39, 0.29) is 11.9 Å². The molecule has 0 bridgehead atoms. The fourth-order valence-corrected chi connectivity index (χ4v) is 3.09. The molecule has 1 aliphatic heterocycles. The SMILES string of the molecule is O=C(NC1CCOc2ccccc21)c1ccc(Cn2ccnc2)cc1. The van der Waals surface area contributed by atoms with Crippen LogP contribution in [0.3, 0.4) is 0 Å². The first-order valence-electron chi connectivity index (χ1n) is 8.37. The van der Waals surface area contributed by atoms with Crippen LogP contribution in [0.4, 0.5) is 0 Å². The summed E-state index contributed by atoms with van der Waals surface area (Å²) in [5.41, 5.74) is 2.84. The predicted octanol–water partition coefficient (Wildman–Crippen LogP) is 3.19. The maximum atomic E-state index is 12.6. The lowest BCUT2D eigenvalue weighted by Crippen LogP contribution is -2.32. The van der Waals surface area contributed by atoms with Crippen molar-refractivity contribution in [3.05, 3.63) is 83.9 Å². The average molecular weight is 333 g/mol. The molecule has 5 heteroatoms. The third-order valence-corrected chi connectivity index (χ3v) is 4.40. The fourth-order valence-electron chi connectivity index (χ4n) is 3.09. The van der Waals surface area contributed by atoms with Gasteiger partial charge in [-0.05, 0) is 23.8 Å². The number of imidazole rings is 1. The van der Waals surface area contributed by atoms with Crippen LogP contribution in [0.2, 0.25) is 0 Å². The van der Waals surface area contributed by atoms with Crippen LogP contribution >= 0.6 is 0 Å². The number of hydrogen-bond acceptors (Lipinski definition) is 3. The summed E-state index contributed by atoms with van der Waals surface area (Å²) in [6.45, 7) is 1.36. The van der Waals surface area contributed by atoms with E-state index in [1.807, 2.05) is 59.3 Å². The Balaban J connectivity index is 1.45. The van der Waals surface area contributed by atoms with Crippen LogP contribution in [0, 0.1) is 0 Å². The molecule has 2 aromatic carbocycles. The standard InChI is InChI=1S/C20H19N3O2/c24-20(22-18-9-12-25-19-4-2-1-3-17(18)19)16-7-5-15(6-8-16)13-23-11-10-21-14-23/h1-8,10-11,14,18H,9,12-13H2,(H,22,24). The van der Waals surface area contributed by atoms with Gasteiger partial charge in [-0.25, -0.2) is 4.98 Å². The topological polar surface area (TPSA) is 56.1 Å². The summed E-state index contributed by atoms with van der Waals surface area (Å²) in [4.78, 5) is 16.6. The summed E-state index contributed by atoms with van der Waals surface area (Å²) in [5, 5.41) is 3.12. The van der Waals surface area contributed by atoms with Crippen molar-refractivity contribution in [1.82, 2.24) is 14.9 Å². The predicted molar refractivity (Wildman–Crippen MR) is 94.5 cm³/mol. The molecule has 5 nitrogen and oxygen atoms in total. The Kier molecular flexibility index (Phi) is 4.21. The highest BCUT2D eigenvalue weighted by atomic mass is 16.5. The number of para-hydroxylation sites is 1. The van der Waals surface area contributed by atoms with Gasteiger partial charge in [0.2, 0.25) is 0 Å². The molecular formula is C20H19N3O2. The van der Waals surface area contributed by atoms with Gasteiger partial charge < -0.3 is 14.6 Å². The van der Waals surface area contributed by atoms with E-state index < -0.39 is 0 Å². The van der Waals surface area contributed by atoms with Gasteiger partial charge in [-0.3, -0.25) is 4.79 Å². The molecular weight excluding hydrogens is 314 g/mol. The van der Waals surface area contributed by atoms with Crippen LogP contribution in [0.5, 0.6) is 5.75 Å². The Labute approximate surface area is 146 Å². The lowest BCUT2D eigenvalue weighted by Gasteiger charge is -2.26. The van der Waals surface area contributed by atoms with Gasteiger partial charge in [-0.15, -0.1) is 0 Å². The number of nitrogens with one attached hydrogen (secondary N) is 1. The second-order valence-corrected chi connectivity index (χ2v) is 6.13. The molecule has 1 atom stereocenters. The molecule has 1 amide bonds. The van der Waals surface area contributed by atoms with Gasteiger partial charge >= 0.3 is 0 Å². The summed E-state index contributed by atoms with van der Waals surface area (Å²) in [7, 11) is 0. The number of carbonyl (C=O) groups excluding carboxylic acids is 1. The van der Waals surface area contributed by atoms with E-state index in [1.54, 1.807) is 12.5 Å². The van der Waals surface area contributed by atoms with E-state index in [2.05, 4.69) is 10.3 Å². The number of benzene rings is 2. The van der Waals surface area contributed by atoms with Crippen LogP contribution in [0.1, 0.15) is 33.9 Å². The number of nitrogens with zero attached hydrogens (tertiary/aromatic N) is 2. The van der Waals surface area contributed by atoms with E-state index in [1.165, 1.54) is 0 Å². The highest BCUT2D eigenvalue weighted by Crippen LogP contribution is 2.31. The van der Waals surface area contributed by atoms with Crippen molar-refractivity contribution in [1.29, 1.82) is 0 Å². The molecule has 0 fully saturated rings. The minimum absolute atomic E-state index is 0.0110. The summed E-state index contributed by atoms with van der Waals surface area (Å²) in [5.74, 6) is 0.797. The van der Waals surface area contributed by atoms with Gasteiger partial charge in [0.15, 0.2) is 0 Å². The van der Waals surface area contributed by atoms with Gasteiger partial charge in [0.05, 0.1) is 19.0 Å². The molecule has 1 N–H and O–H groups in total. The van der Waals surface area contributed by atoms with Gasteiger partial charge in [0, 0.05) is 36.5 Å². The number of hydrogen-bond donors (Lipinski definition) is 1. The Morgan fingerprint density at radius 1 is 1.20 bits per heavy atom. The molecule has 4 rings (SSSR count). The van der Waals surface area contributed by atoms with Gasteiger partial charge in [-0.2, -0.15) is 0 Å². The van der Waals surface area contributed by atoms with E-state index in [0.29, 0.717) is 12.2 Å². The molecule has 25 heavy (non-hydrogen) atoms. The van der Waals surface area contributed by atoms with Gasteiger partial charge in [-0.1, -0.05) is 30.3 Å². The molecule has 0 aliphatic carbocycles. The van der Waals surface area contributed by atoms with Crippen LogP contribution < -0.4 is 10.1 Å². The number of aromatic nitrogens is 2. The number of ether oxygens (including phenoxy) is 1. The van der Waals surface area contributed by atoms with Crippen molar-refractivity contribution in [2.45, 2.75) is 19.0 Å². The van der Waals surface area contributed by atoms with Crippen molar-refractivity contribution < 1.29 is 9.53 Å². The Hall–Kier alpha value is -3.08. The Morgan fingerprint density at radius 3 is 2.84 bits per heavy atom. The van der Waals surface area contributed by atoms with Crippen LogP contribution in [0.25, 0.3) is 0 Å². The third kappa shape index (κ3) is 3.40. The largest absolute Gasteiger partial charge is 0.493 e. The van der Waals surface area contributed by atoms with Crippen molar-refractivity contribution >= 4 is 5.91 Å². The lowest BCUT2D eigenvalue weighted by molar-refractivity contribution is 0.0925. The number of carbonyl (C=O) groups is 1. The molecule has 2 heterocycles. The first-order valence-corrected chi connectivity index (χ1v) is 8.37. The third-order valence-electron chi connectivity index (χ3n) is 4.40. The molecule has 0 radical (unpaired) electrons. The van der Waals surface area contributed by atoms with Crippen LogP contribution in [-0.2, 0) is 6.54 Å². The maximum Gasteiger partial charge on any atom is 0.251 e. The van der Waals surface area contributed by atoms with E-state index in [0.717, 1.165) is 29.8 Å². The zero-order chi connectivity index (χ0) is 17.1. The molecule has 1 aromatic heterocycles. The molecule has 1 aliphatic rings. The highest BCUT2D eigenvalue weighted by Gasteiger charge is 2.22. The van der Waals surface area contributed by atoms with Crippen LogP contribution in [0.15, 0.2) is 67.3 Å².